The average Bonchev–Trinajstić information content (AvgIpc) is 3.06. The molecule has 0 unspecified atom stereocenters. The number of aromatic nitrogens is 2. The first-order chi connectivity index (χ1) is 10.6. The number of fused-ring (bicyclic) bond motifs is 1. The lowest BCUT2D eigenvalue weighted by Gasteiger charge is -2.07. The highest BCUT2D eigenvalue weighted by Gasteiger charge is 2.12. The highest BCUT2D eigenvalue weighted by Crippen LogP contribution is 2.14. The second kappa shape index (κ2) is 6.17. The number of carbonyl (C=O) groups excluding carboxylic acids is 2. The third kappa shape index (κ3) is 3.10. The topological polar surface area (TPSA) is 75.5 Å². The van der Waals surface area contributed by atoms with E-state index in [0.717, 1.165) is 4.96 Å². The molecule has 0 aliphatic rings. The predicted octanol–water partition coefficient (Wildman–Crippen LogP) is 2.05. The molecule has 0 aliphatic carbocycles. The molecule has 22 heavy (non-hydrogen) atoms. The van der Waals surface area contributed by atoms with Gasteiger partial charge in [-0.25, -0.2) is 4.98 Å². The van der Waals surface area contributed by atoms with E-state index in [0.29, 0.717) is 16.3 Å². The van der Waals surface area contributed by atoms with Gasteiger partial charge in [-0.05, 0) is 12.1 Å². The average molecular weight is 335 g/mol. The van der Waals surface area contributed by atoms with Gasteiger partial charge in [0.1, 0.15) is 0 Å². The lowest BCUT2D eigenvalue weighted by molar-refractivity contribution is -0.121. The zero-order chi connectivity index (χ0) is 15.5. The van der Waals surface area contributed by atoms with E-state index in [1.807, 2.05) is 16.0 Å². The number of imidazole rings is 1. The maximum atomic E-state index is 11.9. The van der Waals surface area contributed by atoms with Crippen LogP contribution in [-0.4, -0.2) is 21.2 Å². The Labute approximate surface area is 134 Å². The van der Waals surface area contributed by atoms with Crippen molar-refractivity contribution in [3.63, 3.8) is 0 Å². The molecular weight excluding hydrogens is 324 g/mol. The van der Waals surface area contributed by atoms with Crippen LogP contribution in [0.5, 0.6) is 0 Å². The van der Waals surface area contributed by atoms with Gasteiger partial charge in [0.25, 0.3) is 5.91 Å². The summed E-state index contributed by atoms with van der Waals surface area (Å²) in [7, 11) is 0. The van der Waals surface area contributed by atoms with Gasteiger partial charge >= 0.3 is 0 Å². The van der Waals surface area contributed by atoms with Crippen molar-refractivity contribution in [2.75, 3.05) is 0 Å². The zero-order valence-corrected chi connectivity index (χ0v) is 12.8. The summed E-state index contributed by atoms with van der Waals surface area (Å²) in [5.41, 5.74) is 5.62. The van der Waals surface area contributed by atoms with Crippen LogP contribution < -0.4 is 10.9 Å². The van der Waals surface area contributed by atoms with Crippen LogP contribution in [0.4, 0.5) is 0 Å². The third-order valence-corrected chi connectivity index (χ3v) is 4.02. The summed E-state index contributed by atoms with van der Waals surface area (Å²) < 4.78 is 1.84. The summed E-state index contributed by atoms with van der Waals surface area (Å²) in [6, 6.07) is 6.60. The van der Waals surface area contributed by atoms with Gasteiger partial charge < -0.3 is 0 Å². The standard InChI is InChI=1S/C14H11ClN4O2S/c15-11-4-2-1-3-10(11)13(21)18-17-12(20)7-9-8-19-5-6-22-14(19)16-9/h1-6,8H,7H2,(H,17,20)(H,18,21). The molecule has 2 aromatic heterocycles. The molecule has 2 amide bonds. The van der Waals surface area contributed by atoms with Crippen molar-refractivity contribution in [3.05, 3.63) is 58.3 Å². The van der Waals surface area contributed by atoms with Crippen LogP contribution in [0.15, 0.2) is 42.0 Å². The second-order valence-electron chi connectivity index (χ2n) is 4.48. The smallest absolute Gasteiger partial charge is 0.271 e. The molecule has 0 radical (unpaired) electrons. The Hall–Kier alpha value is -2.38. The Bertz CT molecular complexity index is 814. The number of hydrazine groups is 1. The van der Waals surface area contributed by atoms with Crippen molar-refractivity contribution in [1.82, 2.24) is 20.2 Å². The van der Waals surface area contributed by atoms with E-state index in [1.165, 1.54) is 11.3 Å². The number of carbonyl (C=O) groups is 2. The van der Waals surface area contributed by atoms with Gasteiger partial charge in [-0.3, -0.25) is 24.8 Å². The predicted molar refractivity (Wildman–Crippen MR) is 83.8 cm³/mol. The molecule has 1 aromatic carbocycles. The van der Waals surface area contributed by atoms with Gasteiger partial charge in [0.2, 0.25) is 5.91 Å². The molecule has 6 nitrogen and oxygen atoms in total. The minimum absolute atomic E-state index is 0.0806. The van der Waals surface area contributed by atoms with Crippen LogP contribution in [-0.2, 0) is 11.2 Å². The van der Waals surface area contributed by atoms with E-state index in [4.69, 9.17) is 11.6 Å². The molecule has 3 aromatic rings. The first-order valence-corrected chi connectivity index (χ1v) is 7.64. The molecule has 0 atom stereocenters. The molecule has 2 heterocycles. The molecule has 0 aliphatic heterocycles. The van der Waals surface area contributed by atoms with Crippen molar-refractivity contribution < 1.29 is 9.59 Å². The highest BCUT2D eigenvalue weighted by molar-refractivity contribution is 7.15. The number of nitrogens with zero attached hydrogens (tertiary/aromatic N) is 2. The molecule has 0 saturated heterocycles. The molecule has 0 saturated carbocycles. The third-order valence-electron chi connectivity index (χ3n) is 2.92. The number of hydrogen-bond donors (Lipinski definition) is 2. The van der Waals surface area contributed by atoms with Crippen LogP contribution in [0.25, 0.3) is 4.96 Å². The summed E-state index contributed by atoms with van der Waals surface area (Å²) in [6.07, 6.45) is 3.73. The maximum absolute atomic E-state index is 11.9. The molecule has 112 valence electrons. The Morgan fingerprint density at radius 3 is 2.86 bits per heavy atom. The summed E-state index contributed by atoms with van der Waals surface area (Å²) >= 11 is 7.40. The SMILES string of the molecule is O=C(Cc1cn2ccsc2n1)NNC(=O)c1ccccc1Cl. The van der Waals surface area contributed by atoms with Gasteiger partial charge in [0, 0.05) is 17.8 Å². The second-order valence-corrected chi connectivity index (χ2v) is 5.76. The van der Waals surface area contributed by atoms with Crippen LogP contribution in [0.3, 0.4) is 0 Å². The van der Waals surface area contributed by atoms with Crippen molar-refractivity contribution in [2.24, 2.45) is 0 Å². The molecule has 0 fully saturated rings. The minimum Gasteiger partial charge on any atom is -0.297 e. The largest absolute Gasteiger partial charge is 0.297 e. The number of hydrogen-bond acceptors (Lipinski definition) is 4. The van der Waals surface area contributed by atoms with Crippen molar-refractivity contribution >= 4 is 39.7 Å². The van der Waals surface area contributed by atoms with Crippen LogP contribution >= 0.6 is 22.9 Å². The fourth-order valence-electron chi connectivity index (χ4n) is 1.91. The van der Waals surface area contributed by atoms with Gasteiger partial charge in [0.15, 0.2) is 4.96 Å². The fraction of sp³-hybridized carbons (Fsp3) is 0.0714. The van der Waals surface area contributed by atoms with Crippen molar-refractivity contribution in [2.45, 2.75) is 6.42 Å². The Morgan fingerprint density at radius 2 is 2.09 bits per heavy atom. The molecular formula is C14H11ClN4O2S. The van der Waals surface area contributed by atoms with E-state index >= 15 is 0 Å². The van der Waals surface area contributed by atoms with Gasteiger partial charge in [-0.15, -0.1) is 11.3 Å². The van der Waals surface area contributed by atoms with Gasteiger partial charge in [-0.1, -0.05) is 23.7 Å². The summed E-state index contributed by atoms with van der Waals surface area (Å²) in [4.78, 5) is 28.8. The lowest BCUT2D eigenvalue weighted by Crippen LogP contribution is -2.42. The van der Waals surface area contributed by atoms with Crippen LogP contribution in [0.2, 0.25) is 5.02 Å². The van der Waals surface area contributed by atoms with E-state index in [9.17, 15) is 9.59 Å². The van der Waals surface area contributed by atoms with E-state index < -0.39 is 5.91 Å². The van der Waals surface area contributed by atoms with Gasteiger partial charge in [-0.2, -0.15) is 0 Å². The fourth-order valence-corrected chi connectivity index (χ4v) is 2.85. The number of thiazole rings is 1. The zero-order valence-electron chi connectivity index (χ0n) is 11.2. The Balaban J connectivity index is 1.57. The number of nitrogens with one attached hydrogen (secondary N) is 2. The van der Waals surface area contributed by atoms with Crippen LogP contribution in [0.1, 0.15) is 16.1 Å². The molecule has 8 heteroatoms. The summed E-state index contributed by atoms with van der Waals surface area (Å²) in [5, 5.41) is 2.24. The van der Waals surface area contributed by atoms with E-state index in [-0.39, 0.29) is 12.3 Å². The van der Waals surface area contributed by atoms with Crippen molar-refractivity contribution in [3.8, 4) is 0 Å². The van der Waals surface area contributed by atoms with Gasteiger partial charge in [0.05, 0.1) is 22.7 Å². The quantitative estimate of drug-likeness (QED) is 0.720. The molecule has 0 bridgehead atoms. The van der Waals surface area contributed by atoms with E-state index in [2.05, 4.69) is 15.8 Å². The van der Waals surface area contributed by atoms with Crippen LogP contribution in [0, 0.1) is 0 Å². The van der Waals surface area contributed by atoms with Crippen molar-refractivity contribution in [1.29, 1.82) is 0 Å². The number of rotatable bonds is 3. The maximum Gasteiger partial charge on any atom is 0.271 e. The molecule has 2 N–H and O–H groups in total. The Morgan fingerprint density at radius 1 is 1.27 bits per heavy atom. The Kier molecular flexibility index (Phi) is 4.08. The first-order valence-electron chi connectivity index (χ1n) is 6.38. The molecule has 3 rings (SSSR count). The monoisotopic (exact) mass is 334 g/mol. The highest BCUT2D eigenvalue weighted by atomic mass is 35.5. The first kappa shape index (κ1) is 14.6. The summed E-state index contributed by atoms with van der Waals surface area (Å²) in [5.74, 6) is -0.823. The normalized spacial score (nSPS) is 10.6. The number of benzene rings is 1. The van der Waals surface area contributed by atoms with E-state index in [1.54, 1.807) is 30.5 Å². The number of halogens is 1. The lowest BCUT2D eigenvalue weighted by atomic mass is 10.2. The minimum atomic E-state index is -0.468. The molecule has 0 spiro atoms. The summed E-state index contributed by atoms with van der Waals surface area (Å²) in [6.45, 7) is 0. The number of amides is 2.